The number of aliphatic hydroxyl groups is 3. The fourth-order valence-corrected chi connectivity index (χ4v) is 1.94. The summed E-state index contributed by atoms with van der Waals surface area (Å²) in [6.45, 7) is 2.97. The predicted octanol–water partition coefficient (Wildman–Crippen LogP) is -1.42. The van der Waals surface area contributed by atoms with Crippen LogP contribution in [0.25, 0.3) is 0 Å². The molecule has 2 aliphatic heterocycles. The van der Waals surface area contributed by atoms with Gasteiger partial charge in [-0.2, -0.15) is 0 Å². The molecule has 0 aliphatic carbocycles. The second kappa shape index (κ2) is 3.65. The highest BCUT2D eigenvalue weighted by atomic mass is 16.8. The van der Waals surface area contributed by atoms with E-state index in [1.807, 2.05) is 0 Å². The van der Waals surface area contributed by atoms with E-state index in [1.54, 1.807) is 13.8 Å². The van der Waals surface area contributed by atoms with E-state index in [-0.39, 0.29) is 0 Å². The van der Waals surface area contributed by atoms with Gasteiger partial charge in [0.05, 0.1) is 6.61 Å². The lowest BCUT2D eigenvalue weighted by Crippen LogP contribution is -2.42. The monoisotopic (exact) mass is 220 g/mol. The Hall–Kier alpha value is -0.240. The molecule has 0 radical (unpaired) electrons. The van der Waals surface area contributed by atoms with Crippen LogP contribution in [0.15, 0.2) is 0 Å². The lowest BCUT2D eigenvalue weighted by Gasteiger charge is -2.24. The zero-order valence-electron chi connectivity index (χ0n) is 8.66. The average molecular weight is 220 g/mol. The molecule has 0 aromatic carbocycles. The zero-order valence-corrected chi connectivity index (χ0v) is 8.66. The summed E-state index contributed by atoms with van der Waals surface area (Å²) in [5, 5.41) is 27.9. The molecule has 0 bridgehead atoms. The fourth-order valence-electron chi connectivity index (χ4n) is 1.94. The summed E-state index contributed by atoms with van der Waals surface area (Å²) < 4.78 is 16.1. The minimum Gasteiger partial charge on any atom is -0.394 e. The van der Waals surface area contributed by atoms with Crippen molar-refractivity contribution in [2.45, 2.75) is 50.3 Å². The van der Waals surface area contributed by atoms with Crippen LogP contribution >= 0.6 is 0 Å². The molecular formula is C9H16O6. The van der Waals surface area contributed by atoms with E-state index >= 15 is 0 Å². The lowest BCUT2D eigenvalue weighted by atomic mass is 10.1. The van der Waals surface area contributed by atoms with Crippen LogP contribution in [0.2, 0.25) is 0 Å². The van der Waals surface area contributed by atoms with Crippen molar-refractivity contribution >= 4 is 0 Å². The highest BCUT2D eigenvalue weighted by Gasteiger charge is 2.55. The fraction of sp³-hybridized carbons (Fsp3) is 1.00. The highest BCUT2D eigenvalue weighted by Crippen LogP contribution is 2.38. The third-order valence-corrected chi connectivity index (χ3v) is 2.62. The molecule has 2 rings (SSSR count). The van der Waals surface area contributed by atoms with E-state index < -0.39 is 43.1 Å². The lowest BCUT2D eigenvalue weighted by molar-refractivity contribution is -0.227. The number of rotatable bonds is 2. The van der Waals surface area contributed by atoms with Crippen molar-refractivity contribution < 1.29 is 29.5 Å². The molecule has 2 fully saturated rings. The normalized spacial score (nSPS) is 45.4. The van der Waals surface area contributed by atoms with E-state index in [2.05, 4.69) is 0 Å². The van der Waals surface area contributed by atoms with Gasteiger partial charge >= 0.3 is 0 Å². The summed E-state index contributed by atoms with van der Waals surface area (Å²) in [4.78, 5) is 0. The van der Waals surface area contributed by atoms with Gasteiger partial charge < -0.3 is 29.5 Å². The molecule has 0 spiro atoms. The van der Waals surface area contributed by atoms with Crippen molar-refractivity contribution in [3.63, 3.8) is 0 Å². The average Bonchev–Trinajstić information content (AvgIpc) is 2.60. The van der Waals surface area contributed by atoms with Crippen LogP contribution in [-0.4, -0.2) is 58.4 Å². The molecule has 2 aliphatic rings. The van der Waals surface area contributed by atoms with Crippen molar-refractivity contribution in [3.05, 3.63) is 0 Å². The van der Waals surface area contributed by atoms with Crippen molar-refractivity contribution in [2.75, 3.05) is 6.61 Å². The molecule has 0 aromatic heterocycles. The molecule has 0 aromatic rings. The summed E-state index contributed by atoms with van der Waals surface area (Å²) in [5.74, 6) is -0.786. The van der Waals surface area contributed by atoms with E-state index in [0.29, 0.717) is 0 Å². The summed E-state index contributed by atoms with van der Waals surface area (Å²) in [6, 6.07) is 0. The van der Waals surface area contributed by atoms with Crippen molar-refractivity contribution in [1.82, 2.24) is 0 Å². The molecule has 0 amide bonds. The van der Waals surface area contributed by atoms with Gasteiger partial charge in [-0.15, -0.1) is 0 Å². The first-order valence-corrected chi connectivity index (χ1v) is 4.93. The highest BCUT2D eigenvalue weighted by molar-refractivity contribution is 4.95. The summed E-state index contributed by atoms with van der Waals surface area (Å²) >= 11 is 0. The van der Waals surface area contributed by atoms with Crippen LogP contribution in [0.3, 0.4) is 0 Å². The van der Waals surface area contributed by atoms with Crippen LogP contribution < -0.4 is 0 Å². The van der Waals surface area contributed by atoms with Gasteiger partial charge in [-0.3, -0.25) is 0 Å². The van der Waals surface area contributed by atoms with Crippen LogP contribution in [0.5, 0.6) is 0 Å². The number of fused-ring (bicyclic) bond motifs is 1. The maximum absolute atomic E-state index is 9.79. The molecule has 2 unspecified atom stereocenters. The minimum absolute atomic E-state index is 0.468. The Morgan fingerprint density at radius 1 is 1.33 bits per heavy atom. The van der Waals surface area contributed by atoms with Gasteiger partial charge in [0.25, 0.3) is 0 Å². The van der Waals surface area contributed by atoms with E-state index in [1.165, 1.54) is 0 Å². The first kappa shape index (κ1) is 11.3. The summed E-state index contributed by atoms with van der Waals surface area (Å²) in [6.07, 6.45) is -4.26. The maximum Gasteiger partial charge on any atom is 0.190 e. The topological polar surface area (TPSA) is 88.4 Å². The Bertz CT molecular complexity index is 243. The van der Waals surface area contributed by atoms with Crippen LogP contribution in [0.4, 0.5) is 0 Å². The van der Waals surface area contributed by atoms with Crippen LogP contribution in [0, 0.1) is 0 Å². The van der Waals surface area contributed by atoms with Gasteiger partial charge in [-0.05, 0) is 13.8 Å². The largest absolute Gasteiger partial charge is 0.394 e. The zero-order chi connectivity index (χ0) is 11.2. The first-order valence-electron chi connectivity index (χ1n) is 4.93. The van der Waals surface area contributed by atoms with Gasteiger partial charge in [0.15, 0.2) is 12.1 Å². The molecule has 0 saturated carbocycles. The second-order valence-electron chi connectivity index (χ2n) is 4.31. The van der Waals surface area contributed by atoms with Crippen molar-refractivity contribution in [1.29, 1.82) is 0 Å². The predicted molar refractivity (Wildman–Crippen MR) is 47.8 cm³/mol. The maximum atomic E-state index is 9.79. The molecular weight excluding hydrogens is 204 g/mol. The van der Waals surface area contributed by atoms with Crippen molar-refractivity contribution in [3.8, 4) is 0 Å². The number of ether oxygens (including phenoxy) is 3. The number of aliphatic hydroxyl groups excluding tert-OH is 3. The Labute approximate surface area is 87.4 Å². The Morgan fingerprint density at radius 3 is 2.53 bits per heavy atom. The molecule has 6 nitrogen and oxygen atoms in total. The molecule has 88 valence electrons. The van der Waals surface area contributed by atoms with Crippen molar-refractivity contribution in [2.24, 2.45) is 0 Å². The van der Waals surface area contributed by atoms with Gasteiger partial charge in [0, 0.05) is 0 Å². The molecule has 2 saturated heterocycles. The Morgan fingerprint density at radius 2 is 2.00 bits per heavy atom. The number of hydrogen-bond donors (Lipinski definition) is 3. The van der Waals surface area contributed by atoms with E-state index in [4.69, 9.17) is 19.3 Å². The standard InChI is InChI=1S/C9H16O6/c1-9(2)14-7-5(12)6(4(11)3-10)13-8(7)15-9/h4-8,10-12H,3H2,1-2H3/t4?,5?,6-,7-,8-/m1/s1. The molecule has 2 heterocycles. The quantitative estimate of drug-likeness (QED) is 0.529. The third kappa shape index (κ3) is 1.89. The summed E-state index contributed by atoms with van der Waals surface area (Å²) in [7, 11) is 0. The van der Waals surface area contributed by atoms with Gasteiger partial charge in [-0.25, -0.2) is 0 Å². The van der Waals surface area contributed by atoms with Crippen LogP contribution in [0.1, 0.15) is 13.8 Å². The van der Waals surface area contributed by atoms with Crippen LogP contribution in [-0.2, 0) is 14.2 Å². The smallest absolute Gasteiger partial charge is 0.190 e. The Balaban J connectivity index is 2.05. The van der Waals surface area contributed by atoms with E-state index in [9.17, 15) is 10.2 Å². The molecule has 6 heteroatoms. The number of hydrogen-bond acceptors (Lipinski definition) is 6. The molecule has 5 atom stereocenters. The summed E-state index contributed by atoms with van der Waals surface area (Å²) in [5.41, 5.74) is 0. The third-order valence-electron chi connectivity index (χ3n) is 2.62. The van der Waals surface area contributed by atoms with E-state index in [0.717, 1.165) is 0 Å². The molecule has 3 N–H and O–H groups in total. The van der Waals surface area contributed by atoms with Gasteiger partial charge in [0.1, 0.15) is 24.4 Å². The van der Waals surface area contributed by atoms with Gasteiger partial charge in [-0.1, -0.05) is 0 Å². The Kier molecular flexibility index (Phi) is 2.74. The molecule has 15 heavy (non-hydrogen) atoms. The SMILES string of the molecule is CC1(C)O[C@H]2O[C@H](C(O)CO)C(O)[C@H]2O1. The first-order chi connectivity index (χ1) is 6.94. The second-order valence-corrected chi connectivity index (χ2v) is 4.31. The van der Waals surface area contributed by atoms with Gasteiger partial charge in [0.2, 0.25) is 0 Å². The minimum atomic E-state index is -1.12.